The van der Waals surface area contributed by atoms with Crippen LogP contribution in [0.15, 0.2) is 48.0 Å². The largest absolute Gasteiger partial charge is 0.351 e. The van der Waals surface area contributed by atoms with Crippen LogP contribution in [0.4, 0.5) is 5.82 Å². The van der Waals surface area contributed by atoms with Crippen LogP contribution in [0, 0.1) is 0 Å². The van der Waals surface area contributed by atoms with Crippen LogP contribution in [0.2, 0.25) is 10.0 Å². The van der Waals surface area contributed by atoms with E-state index in [9.17, 15) is 9.59 Å². The van der Waals surface area contributed by atoms with E-state index in [0.717, 1.165) is 5.56 Å². The first kappa shape index (κ1) is 19.4. The maximum Gasteiger partial charge on any atom is 0.261 e. The van der Waals surface area contributed by atoms with Gasteiger partial charge in [0.1, 0.15) is 5.82 Å². The minimum atomic E-state index is -0.228. The predicted octanol–water partition coefficient (Wildman–Crippen LogP) is 4.06. The molecule has 0 saturated carbocycles. The molecule has 3 aromatic rings. The number of thiophene rings is 1. The van der Waals surface area contributed by atoms with Crippen molar-refractivity contribution in [3.63, 3.8) is 0 Å². The summed E-state index contributed by atoms with van der Waals surface area (Å²) in [5.41, 5.74) is 0.725. The van der Waals surface area contributed by atoms with Gasteiger partial charge in [-0.15, -0.1) is 11.3 Å². The van der Waals surface area contributed by atoms with E-state index in [1.54, 1.807) is 47.3 Å². The summed E-state index contributed by atoms with van der Waals surface area (Å²) in [5, 5.41) is 12.6. The monoisotopic (exact) mass is 422 g/mol. The Hall–Kier alpha value is -2.35. The average Bonchev–Trinajstić information content (AvgIpc) is 3.30. The van der Waals surface area contributed by atoms with Crippen molar-refractivity contribution >= 4 is 52.2 Å². The van der Waals surface area contributed by atoms with Crippen LogP contribution in [0.1, 0.15) is 21.7 Å². The summed E-state index contributed by atoms with van der Waals surface area (Å²) in [6.45, 7) is 0.573. The van der Waals surface area contributed by atoms with E-state index in [1.165, 1.54) is 11.3 Å². The number of benzene rings is 1. The molecule has 2 amide bonds. The molecule has 27 heavy (non-hydrogen) atoms. The summed E-state index contributed by atoms with van der Waals surface area (Å²) < 4.78 is 1.61. The number of hydrogen-bond acceptors (Lipinski definition) is 4. The van der Waals surface area contributed by atoms with Crippen molar-refractivity contribution in [3.8, 4) is 0 Å². The Morgan fingerprint density at radius 1 is 1.11 bits per heavy atom. The first-order chi connectivity index (χ1) is 13.0. The molecular weight excluding hydrogens is 407 g/mol. The van der Waals surface area contributed by atoms with Gasteiger partial charge in [0.2, 0.25) is 5.91 Å². The lowest BCUT2D eigenvalue weighted by Crippen LogP contribution is -2.27. The molecule has 0 atom stereocenters. The van der Waals surface area contributed by atoms with Crippen molar-refractivity contribution in [1.82, 2.24) is 15.1 Å². The zero-order chi connectivity index (χ0) is 19.2. The highest BCUT2D eigenvalue weighted by Crippen LogP contribution is 2.26. The van der Waals surface area contributed by atoms with Crippen molar-refractivity contribution in [2.24, 2.45) is 0 Å². The van der Waals surface area contributed by atoms with E-state index in [2.05, 4.69) is 15.7 Å². The van der Waals surface area contributed by atoms with E-state index in [-0.39, 0.29) is 24.8 Å². The summed E-state index contributed by atoms with van der Waals surface area (Å²) in [6, 6.07) is 10.5. The third-order valence-electron chi connectivity index (χ3n) is 3.74. The fourth-order valence-electron chi connectivity index (χ4n) is 2.39. The molecular formula is C18H16Cl2N4O2S. The second kappa shape index (κ2) is 9.03. The molecule has 0 aliphatic heterocycles. The standard InChI is InChI=1S/C18H16Cl2N4O2S/c19-13-3-1-4-14(20)12(13)11-24-16(6-9-22-24)23-17(25)7-8-21-18(26)15-5-2-10-27-15/h1-6,9-10H,7-8,11H2,(H,21,26)(H,23,25). The van der Waals surface area contributed by atoms with Gasteiger partial charge in [0.05, 0.1) is 17.6 Å². The Bertz CT molecular complexity index is 921. The lowest BCUT2D eigenvalue weighted by atomic mass is 10.2. The molecule has 3 rings (SSSR count). The molecule has 1 aromatic carbocycles. The average molecular weight is 423 g/mol. The van der Waals surface area contributed by atoms with Crippen molar-refractivity contribution < 1.29 is 9.59 Å². The van der Waals surface area contributed by atoms with Gasteiger partial charge in [-0.05, 0) is 23.6 Å². The number of hydrogen-bond donors (Lipinski definition) is 2. The Morgan fingerprint density at radius 2 is 1.89 bits per heavy atom. The fourth-order valence-corrected chi connectivity index (χ4v) is 3.54. The number of anilines is 1. The van der Waals surface area contributed by atoms with Gasteiger partial charge in [0.15, 0.2) is 0 Å². The van der Waals surface area contributed by atoms with Crippen molar-refractivity contribution in [2.45, 2.75) is 13.0 Å². The fraction of sp³-hybridized carbons (Fsp3) is 0.167. The SMILES string of the molecule is O=C(CCNC(=O)c1cccs1)Nc1ccnn1Cc1c(Cl)cccc1Cl. The quantitative estimate of drug-likeness (QED) is 0.602. The van der Waals surface area contributed by atoms with Gasteiger partial charge in [-0.3, -0.25) is 9.59 Å². The molecule has 6 nitrogen and oxygen atoms in total. The Kier molecular flexibility index (Phi) is 6.49. The molecule has 0 saturated heterocycles. The third kappa shape index (κ3) is 5.09. The molecule has 0 aliphatic carbocycles. The Balaban J connectivity index is 1.55. The van der Waals surface area contributed by atoms with E-state index < -0.39 is 0 Å². The molecule has 0 bridgehead atoms. The third-order valence-corrected chi connectivity index (χ3v) is 5.31. The molecule has 9 heteroatoms. The number of carbonyl (C=O) groups is 2. The first-order valence-corrected chi connectivity index (χ1v) is 9.74. The van der Waals surface area contributed by atoms with Gasteiger partial charge < -0.3 is 10.6 Å². The second-order valence-electron chi connectivity index (χ2n) is 5.61. The Morgan fingerprint density at radius 3 is 2.59 bits per heavy atom. The van der Waals surface area contributed by atoms with Crippen LogP contribution >= 0.6 is 34.5 Å². The molecule has 0 spiro atoms. The number of halogens is 2. The van der Waals surface area contributed by atoms with Gasteiger partial charge in [0.25, 0.3) is 5.91 Å². The molecule has 2 aromatic heterocycles. The van der Waals surface area contributed by atoms with Crippen LogP contribution in [-0.4, -0.2) is 28.1 Å². The lowest BCUT2D eigenvalue weighted by molar-refractivity contribution is -0.116. The maximum absolute atomic E-state index is 12.2. The lowest BCUT2D eigenvalue weighted by Gasteiger charge is -2.11. The second-order valence-corrected chi connectivity index (χ2v) is 7.37. The molecule has 0 aliphatic rings. The van der Waals surface area contributed by atoms with Crippen molar-refractivity contribution in [2.75, 3.05) is 11.9 Å². The van der Waals surface area contributed by atoms with Gasteiger partial charge in [-0.1, -0.05) is 35.3 Å². The highest BCUT2D eigenvalue weighted by molar-refractivity contribution is 7.12. The summed E-state index contributed by atoms with van der Waals surface area (Å²) >= 11 is 13.7. The topological polar surface area (TPSA) is 76.0 Å². The summed E-state index contributed by atoms with van der Waals surface area (Å²) in [6.07, 6.45) is 1.73. The number of carbonyl (C=O) groups excluding carboxylic acids is 2. The molecule has 0 unspecified atom stereocenters. The minimum Gasteiger partial charge on any atom is -0.351 e. The number of nitrogens with one attached hydrogen (secondary N) is 2. The number of amides is 2. The molecule has 0 fully saturated rings. The van der Waals surface area contributed by atoms with Gasteiger partial charge in [-0.2, -0.15) is 5.10 Å². The summed E-state index contributed by atoms with van der Waals surface area (Å²) in [5.74, 6) is 0.116. The predicted molar refractivity (Wildman–Crippen MR) is 108 cm³/mol. The molecule has 140 valence electrons. The van der Waals surface area contributed by atoms with E-state index in [1.807, 2.05) is 5.38 Å². The highest BCUT2D eigenvalue weighted by Gasteiger charge is 2.12. The van der Waals surface area contributed by atoms with E-state index in [4.69, 9.17) is 23.2 Å². The molecule has 2 heterocycles. The molecule has 2 N–H and O–H groups in total. The summed E-state index contributed by atoms with van der Waals surface area (Å²) in [7, 11) is 0. The van der Waals surface area contributed by atoms with Crippen molar-refractivity contribution in [1.29, 1.82) is 0 Å². The molecule has 0 radical (unpaired) electrons. The number of aromatic nitrogens is 2. The van der Waals surface area contributed by atoms with Crippen LogP contribution in [-0.2, 0) is 11.3 Å². The van der Waals surface area contributed by atoms with Crippen LogP contribution in [0.5, 0.6) is 0 Å². The zero-order valence-corrected chi connectivity index (χ0v) is 16.4. The smallest absolute Gasteiger partial charge is 0.261 e. The van der Waals surface area contributed by atoms with Gasteiger partial charge >= 0.3 is 0 Å². The maximum atomic E-state index is 12.2. The van der Waals surface area contributed by atoms with Gasteiger partial charge in [0, 0.05) is 34.6 Å². The minimum absolute atomic E-state index is 0.148. The Labute approximate surface area is 170 Å². The van der Waals surface area contributed by atoms with Crippen LogP contribution in [0.3, 0.4) is 0 Å². The van der Waals surface area contributed by atoms with Gasteiger partial charge in [-0.25, -0.2) is 4.68 Å². The first-order valence-electron chi connectivity index (χ1n) is 8.11. The zero-order valence-electron chi connectivity index (χ0n) is 14.1. The van der Waals surface area contributed by atoms with Crippen LogP contribution in [0.25, 0.3) is 0 Å². The highest BCUT2D eigenvalue weighted by atomic mass is 35.5. The van der Waals surface area contributed by atoms with Crippen molar-refractivity contribution in [3.05, 3.63) is 68.5 Å². The normalized spacial score (nSPS) is 10.6. The van der Waals surface area contributed by atoms with E-state index in [0.29, 0.717) is 27.3 Å². The van der Waals surface area contributed by atoms with E-state index >= 15 is 0 Å². The number of nitrogens with zero attached hydrogens (tertiary/aromatic N) is 2. The van der Waals surface area contributed by atoms with Crippen LogP contribution < -0.4 is 10.6 Å². The number of rotatable bonds is 7. The summed E-state index contributed by atoms with van der Waals surface area (Å²) in [4.78, 5) is 24.6.